The fourth-order valence-electron chi connectivity index (χ4n) is 1.24. The summed E-state index contributed by atoms with van der Waals surface area (Å²) >= 11 is 1.54. The van der Waals surface area contributed by atoms with Crippen molar-refractivity contribution in [2.24, 2.45) is 0 Å². The van der Waals surface area contributed by atoms with Gasteiger partial charge in [0.1, 0.15) is 0 Å². The van der Waals surface area contributed by atoms with Gasteiger partial charge in [-0.1, -0.05) is 11.3 Å². The zero-order chi connectivity index (χ0) is 12.1. The zero-order valence-electron chi connectivity index (χ0n) is 10.4. The van der Waals surface area contributed by atoms with Crippen LogP contribution in [0.2, 0.25) is 0 Å². The Morgan fingerprint density at radius 1 is 1.50 bits per heavy atom. The summed E-state index contributed by atoms with van der Waals surface area (Å²) in [7, 11) is 1.99. The third-order valence-electron chi connectivity index (χ3n) is 2.23. The van der Waals surface area contributed by atoms with Crippen molar-refractivity contribution in [2.75, 3.05) is 25.1 Å². The molecule has 0 amide bonds. The predicted molar refractivity (Wildman–Crippen MR) is 67.1 cm³/mol. The minimum atomic E-state index is 0.0693. The van der Waals surface area contributed by atoms with Gasteiger partial charge in [-0.25, -0.2) is 4.98 Å². The van der Waals surface area contributed by atoms with Gasteiger partial charge in [0.05, 0.1) is 29.9 Å². The number of hydrogen-bond donors (Lipinski definition) is 1. The molecule has 0 bridgehead atoms. The maximum atomic E-state index is 9.09. The largest absolute Gasteiger partial charge is 0.391 e. The topological polar surface area (TPSA) is 45.6 Å². The molecule has 5 heteroatoms. The molecule has 1 heterocycles. The van der Waals surface area contributed by atoms with Crippen molar-refractivity contribution >= 4 is 16.5 Å². The van der Waals surface area contributed by atoms with Gasteiger partial charge in [-0.3, -0.25) is 0 Å². The van der Waals surface area contributed by atoms with E-state index in [2.05, 4.69) is 9.88 Å². The summed E-state index contributed by atoms with van der Waals surface area (Å²) < 4.78 is 5.48. The summed E-state index contributed by atoms with van der Waals surface area (Å²) in [4.78, 5) is 7.40. The summed E-state index contributed by atoms with van der Waals surface area (Å²) in [5, 5.41) is 10.0. The molecule has 1 N–H and O–H groups in total. The molecule has 0 atom stereocenters. The Labute approximate surface area is 101 Å². The standard InChI is InChI=1S/C11H20N2O2S/c1-8(2)15-6-5-13(4)11-12-9(3)10(7-14)16-11/h8,14H,5-7H2,1-4H3. The second-order valence-corrected chi connectivity index (χ2v) is 5.07. The number of ether oxygens (including phenoxy) is 1. The lowest BCUT2D eigenvalue weighted by Crippen LogP contribution is -2.23. The van der Waals surface area contributed by atoms with Gasteiger partial charge in [0.2, 0.25) is 0 Å². The van der Waals surface area contributed by atoms with Crippen LogP contribution in [0.3, 0.4) is 0 Å². The van der Waals surface area contributed by atoms with Crippen LogP contribution in [-0.2, 0) is 11.3 Å². The van der Waals surface area contributed by atoms with Gasteiger partial charge in [-0.05, 0) is 20.8 Å². The lowest BCUT2D eigenvalue weighted by molar-refractivity contribution is 0.0846. The summed E-state index contributed by atoms with van der Waals surface area (Å²) in [6.07, 6.45) is 0.263. The quantitative estimate of drug-likeness (QED) is 0.829. The SMILES string of the molecule is Cc1nc(N(C)CCOC(C)C)sc1CO. The number of thiazole rings is 1. The van der Waals surface area contributed by atoms with Crippen LogP contribution in [0.4, 0.5) is 5.13 Å². The molecule has 4 nitrogen and oxygen atoms in total. The molecule has 0 spiro atoms. The van der Waals surface area contributed by atoms with E-state index in [0.717, 1.165) is 22.2 Å². The number of anilines is 1. The van der Waals surface area contributed by atoms with Crippen LogP contribution in [0.5, 0.6) is 0 Å². The van der Waals surface area contributed by atoms with E-state index < -0.39 is 0 Å². The van der Waals surface area contributed by atoms with Crippen LogP contribution in [0, 0.1) is 6.92 Å². The van der Waals surface area contributed by atoms with E-state index in [1.807, 2.05) is 27.8 Å². The molecule has 0 aliphatic heterocycles. The molecule has 1 aromatic rings. The van der Waals surface area contributed by atoms with Crippen molar-refractivity contribution in [1.29, 1.82) is 0 Å². The Bertz CT molecular complexity index is 326. The second kappa shape index (κ2) is 6.18. The molecule has 0 radical (unpaired) electrons. The molecule has 0 aliphatic rings. The van der Waals surface area contributed by atoms with Gasteiger partial charge in [0.25, 0.3) is 0 Å². The summed E-state index contributed by atoms with van der Waals surface area (Å²) in [5.74, 6) is 0. The molecule has 16 heavy (non-hydrogen) atoms. The first-order chi connectivity index (χ1) is 7.54. The Morgan fingerprint density at radius 2 is 2.19 bits per heavy atom. The van der Waals surface area contributed by atoms with E-state index in [0.29, 0.717) is 6.61 Å². The lowest BCUT2D eigenvalue weighted by atomic mass is 10.4. The molecule has 0 unspecified atom stereocenters. The summed E-state index contributed by atoms with van der Waals surface area (Å²) in [6, 6.07) is 0. The van der Waals surface area contributed by atoms with Crippen LogP contribution >= 0.6 is 11.3 Å². The van der Waals surface area contributed by atoms with Gasteiger partial charge in [-0.15, -0.1) is 0 Å². The Balaban J connectivity index is 2.49. The minimum Gasteiger partial charge on any atom is -0.391 e. The third kappa shape index (κ3) is 3.73. The lowest BCUT2D eigenvalue weighted by Gasteiger charge is -2.16. The normalized spacial score (nSPS) is 11.1. The average Bonchev–Trinajstić information content (AvgIpc) is 2.59. The molecular weight excluding hydrogens is 224 g/mol. The zero-order valence-corrected chi connectivity index (χ0v) is 11.2. The third-order valence-corrected chi connectivity index (χ3v) is 3.49. The van der Waals surface area contributed by atoms with Crippen LogP contribution in [-0.4, -0.2) is 36.4 Å². The van der Waals surface area contributed by atoms with Gasteiger partial charge < -0.3 is 14.7 Å². The number of aliphatic hydroxyl groups excluding tert-OH is 1. The monoisotopic (exact) mass is 244 g/mol. The number of aromatic nitrogens is 1. The summed E-state index contributed by atoms with van der Waals surface area (Å²) in [5.41, 5.74) is 0.916. The van der Waals surface area contributed by atoms with Crippen molar-refractivity contribution in [2.45, 2.75) is 33.5 Å². The maximum Gasteiger partial charge on any atom is 0.185 e. The first kappa shape index (κ1) is 13.4. The molecular formula is C11H20N2O2S. The van der Waals surface area contributed by atoms with E-state index in [1.54, 1.807) is 0 Å². The molecule has 0 saturated heterocycles. The molecule has 1 rings (SSSR count). The van der Waals surface area contributed by atoms with E-state index in [1.165, 1.54) is 11.3 Å². The van der Waals surface area contributed by atoms with Crippen molar-refractivity contribution in [3.05, 3.63) is 10.6 Å². The smallest absolute Gasteiger partial charge is 0.185 e. The molecule has 0 fully saturated rings. The molecule has 92 valence electrons. The number of likely N-dealkylation sites (N-methyl/N-ethyl adjacent to an activating group) is 1. The van der Waals surface area contributed by atoms with E-state index >= 15 is 0 Å². The number of rotatable bonds is 6. The minimum absolute atomic E-state index is 0.0693. The first-order valence-electron chi connectivity index (χ1n) is 5.44. The first-order valence-corrected chi connectivity index (χ1v) is 6.26. The van der Waals surface area contributed by atoms with Crippen molar-refractivity contribution in [1.82, 2.24) is 4.98 Å². The highest BCUT2D eigenvalue weighted by Crippen LogP contribution is 2.24. The Morgan fingerprint density at radius 3 is 2.69 bits per heavy atom. The van der Waals surface area contributed by atoms with Gasteiger partial charge in [0.15, 0.2) is 5.13 Å². The van der Waals surface area contributed by atoms with Gasteiger partial charge in [0, 0.05) is 13.6 Å². The fourth-order valence-corrected chi connectivity index (χ4v) is 2.15. The van der Waals surface area contributed by atoms with Crippen LogP contribution < -0.4 is 4.90 Å². The Hall–Kier alpha value is -0.650. The van der Waals surface area contributed by atoms with Crippen molar-refractivity contribution in [3.63, 3.8) is 0 Å². The molecule has 1 aromatic heterocycles. The highest BCUT2D eigenvalue weighted by molar-refractivity contribution is 7.15. The highest BCUT2D eigenvalue weighted by Gasteiger charge is 2.10. The van der Waals surface area contributed by atoms with Crippen molar-refractivity contribution in [3.8, 4) is 0 Å². The van der Waals surface area contributed by atoms with Crippen LogP contribution in [0.15, 0.2) is 0 Å². The molecule has 0 aromatic carbocycles. The van der Waals surface area contributed by atoms with Crippen molar-refractivity contribution < 1.29 is 9.84 Å². The number of nitrogens with zero attached hydrogens (tertiary/aromatic N) is 2. The Kier molecular flexibility index (Phi) is 5.18. The van der Waals surface area contributed by atoms with Gasteiger partial charge in [-0.2, -0.15) is 0 Å². The molecule has 0 aliphatic carbocycles. The average molecular weight is 244 g/mol. The number of aliphatic hydroxyl groups is 1. The van der Waals surface area contributed by atoms with Gasteiger partial charge >= 0.3 is 0 Å². The summed E-state index contributed by atoms with van der Waals surface area (Å²) in [6.45, 7) is 7.55. The second-order valence-electron chi connectivity index (χ2n) is 4.00. The number of aryl methyl sites for hydroxylation is 1. The highest BCUT2D eigenvalue weighted by atomic mass is 32.1. The maximum absolute atomic E-state index is 9.09. The van der Waals surface area contributed by atoms with Crippen LogP contribution in [0.1, 0.15) is 24.4 Å². The van der Waals surface area contributed by atoms with Crippen LogP contribution in [0.25, 0.3) is 0 Å². The number of hydrogen-bond acceptors (Lipinski definition) is 5. The predicted octanol–water partition coefficient (Wildman–Crippen LogP) is 1.81. The van der Waals surface area contributed by atoms with E-state index in [-0.39, 0.29) is 12.7 Å². The fraction of sp³-hybridized carbons (Fsp3) is 0.727. The van der Waals surface area contributed by atoms with E-state index in [4.69, 9.17) is 9.84 Å². The molecule has 0 saturated carbocycles. The van der Waals surface area contributed by atoms with E-state index in [9.17, 15) is 0 Å².